The Balaban J connectivity index is 1.80. The van der Waals surface area contributed by atoms with Crippen LogP contribution in [0.4, 0.5) is 0 Å². The molecule has 3 heterocycles. The van der Waals surface area contributed by atoms with Crippen molar-refractivity contribution in [2.45, 2.75) is 13.0 Å². The van der Waals surface area contributed by atoms with Gasteiger partial charge in [0.1, 0.15) is 11.4 Å². The van der Waals surface area contributed by atoms with Crippen LogP contribution in [0.15, 0.2) is 67.1 Å². The largest absolute Gasteiger partial charge is 0.349 e. The fourth-order valence-corrected chi connectivity index (χ4v) is 3.80. The van der Waals surface area contributed by atoms with E-state index in [1.807, 2.05) is 42.1 Å². The fraction of sp³-hybridized carbons (Fsp3) is 0.167. The molecule has 0 N–H and O–H groups in total. The minimum Gasteiger partial charge on any atom is -0.349 e. The number of benzene rings is 1. The molecule has 0 aliphatic carbocycles. The number of hydrogen-bond donors (Lipinski definition) is 0. The molecule has 166 valence electrons. The second-order valence-corrected chi connectivity index (χ2v) is 8.24. The number of hydrogen-bond acceptors (Lipinski definition) is 4. The van der Waals surface area contributed by atoms with Gasteiger partial charge in [-0.15, -0.1) is 0 Å². The van der Waals surface area contributed by atoms with Gasteiger partial charge in [0.15, 0.2) is 0 Å². The van der Waals surface area contributed by atoms with Gasteiger partial charge in [-0.2, -0.15) is 10.4 Å². The van der Waals surface area contributed by atoms with Crippen LogP contribution in [0, 0.1) is 11.3 Å². The average Bonchev–Trinajstić information content (AvgIpc) is 3.45. The Kier molecular flexibility index (Phi) is 6.78. The van der Waals surface area contributed by atoms with E-state index in [0.717, 1.165) is 11.3 Å². The smallest absolute Gasteiger partial charge is 0.272 e. The normalized spacial score (nSPS) is 10.7. The minimum atomic E-state index is -0.256. The lowest BCUT2D eigenvalue weighted by atomic mass is 10.2. The number of nitriles is 1. The summed E-state index contributed by atoms with van der Waals surface area (Å²) in [6, 6.07) is 16.5. The van der Waals surface area contributed by atoms with E-state index in [0.29, 0.717) is 33.7 Å². The van der Waals surface area contributed by atoms with Crippen LogP contribution in [-0.2, 0) is 13.6 Å². The SMILES string of the molecule is Cn1cccc1-c1cc(C(=O)N(CCC#N)Cc2cccnc2)n(-c2ccc(Cl)c(Cl)c2)n1. The summed E-state index contributed by atoms with van der Waals surface area (Å²) in [5.74, 6) is -0.256. The second kappa shape index (κ2) is 9.90. The molecule has 3 aromatic heterocycles. The number of rotatable bonds is 7. The van der Waals surface area contributed by atoms with Gasteiger partial charge in [-0.25, -0.2) is 4.68 Å². The molecule has 0 atom stereocenters. The first-order valence-electron chi connectivity index (χ1n) is 10.2. The molecule has 4 aromatic rings. The molecule has 0 bridgehead atoms. The van der Waals surface area contributed by atoms with Crippen molar-refractivity contribution < 1.29 is 4.79 Å². The maximum Gasteiger partial charge on any atom is 0.272 e. The molecule has 1 amide bonds. The summed E-state index contributed by atoms with van der Waals surface area (Å²) in [6.07, 6.45) is 5.50. The molecule has 0 fully saturated rings. The van der Waals surface area contributed by atoms with Crippen molar-refractivity contribution in [1.29, 1.82) is 5.26 Å². The average molecular weight is 479 g/mol. The van der Waals surface area contributed by atoms with E-state index in [1.165, 1.54) is 0 Å². The topological polar surface area (TPSA) is 79.7 Å². The summed E-state index contributed by atoms with van der Waals surface area (Å²) < 4.78 is 3.49. The van der Waals surface area contributed by atoms with Crippen LogP contribution in [0.25, 0.3) is 17.1 Å². The highest BCUT2D eigenvalue weighted by atomic mass is 35.5. The van der Waals surface area contributed by atoms with Crippen LogP contribution in [0.5, 0.6) is 0 Å². The number of carbonyl (C=O) groups is 1. The van der Waals surface area contributed by atoms with E-state index >= 15 is 0 Å². The molecule has 0 saturated carbocycles. The van der Waals surface area contributed by atoms with Gasteiger partial charge in [0.25, 0.3) is 5.91 Å². The molecule has 33 heavy (non-hydrogen) atoms. The van der Waals surface area contributed by atoms with Crippen LogP contribution in [0.1, 0.15) is 22.5 Å². The number of pyridine rings is 1. The third-order valence-electron chi connectivity index (χ3n) is 5.16. The number of amides is 1. The first-order valence-corrected chi connectivity index (χ1v) is 11.0. The predicted octanol–water partition coefficient (Wildman–Crippen LogP) is 5.14. The zero-order chi connectivity index (χ0) is 23.4. The number of halogens is 2. The van der Waals surface area contributed by atoms with Gasteiger partial charge in [-0.3, -0.25) is 9.78 Å². The molecular weight excluding hydrogens is 459 g/mol. The summed E-state index contributed by atoms with van der Waals surface area (Å²) in [6.45, 7) is 0.594. The van der Waals surface area contributed by atoms with E-state index in [1.54, 1.807) is 46.2 Å². The lowest BCUT2D eigenvalue weighted by molar-refractivity contribution is 0.0737. The Labute approximate surface area is 201 Å². The van der Waals surface area contributed by atoms with Crippen LogP contribution in [0.3, 0.4) is 0 Å². The van der Waals surface area contributed by atoms with Crippen molar-refractivity contribution in [2.75, 3.05) is 6.54 Å². The predicted molar refractivity (Wildman–Crippen MR) is 127 cm³/mol. The van der Waals surface area contributed by atoms with Crippen molar-refractivity contribution in [2.24, 2.45) is 7.05 Å². The van der Waals surface area contributed by atoms with E-state index in [-0.39, 0.29) is 18.9 Å². The van der Waals surface area contributed by atoms with E-state index < -0.39 is 0 Å². The van der Waals surface area contributed by atoms with E-state index in [9.17, 15) is 4.79 Å². The summed E-state index contributed by atoms with van der Waals surface area (Å²) in [4.78, 5) is 19.5. The van der Waals surface area contributed by atoms with Gasteiger partial charge in [-0.05, 0) is 48.0 Å². The first-order chi connectivity index (χ1) is 16.0. The maximum atomic E-state index is 13.7. The van der Waals surface area contributed by atoms with Crippen LogP contribution in [0.2, 0.25) is 10.0 Å². The third-order valence-corrected chi connectivity index (χ3v) is 5.90. The van der Waals surface area contributed by atoms with Gasteiger partial charge >= 0.3 is 0 Å². The zero-order valence-corrected chi connectivity index (χ0v) is 19.3. The monoisotopic (exact) mass is 478 g/mol. The number of carbonyl (C=O) groups excluding carboxylic acids is 1. The first kappa shape index (κ1) is 22.6. The van der Waals surface area contributed by atoms with Crippen LogP contribution < -0.4 is 0 Å². The van der Waals surface area contributed by atoms with E-state index in [2.05, 4.69) is 11.1 Å². The van der Waals surface area contributed by atoms with Gasteiger partial charge in [0.05, 0.1) is 33.9 Å². The van der Waals surface area contributed by atoms with Crippen molar-refractivity contribution in [3.63, 3.8) is 0 Å². The molecule has 4 rings (SSSR count). The number of aromatic nitrogens is 4. The molecule has 0 aliphatic heterocycles. The Morgan fingerprint density at radius 1 is 1.15 bits per heavy atom. The van der Waals surface area contributed by atoms with Gasteiger partial charge < -0.3 is 9.47 Å². The van der Waals surface area contributed by atoms with Gasteiger partial charge in [-0.1, -0.05) is 29.3 Å². The Hall–Kier alpha value is -3.60. The van der Waals surface area contributed by atoms with Crippen molar-refractivity contribution in [3.8, 4) is 23.1 Å². The lowest BCUT2D eigenvalue weighted by Crippen LogP contribution is -2.33. The van der Waals surface area contributed by atoms with Gasteiger partial charge in [0, 0.05) is 38.7 Å². The van der Waals surface area contributed by atoms with Crippen molar-refractivity contribution in [1.82, 2.24) is 24.2 Å². The molecule has 0 aliphatic rings. The van der Waals surface area contributed by atoms with Gasteiger partial charge in [0.2, 0.25) is 0 Å². The summed E-state index contributed by atoms with van der Waals surface area (Å²) in [5.41, 5.74) is 3.32. The molecule has 1 aromatic carbocycles. The highest BCUT2D eigenvalue weighted by Crippen LogP contribution is 2.28. The van der Waals surface area contributed by atoms with Crippen LogP contribution >= 0.6 is 23.2 Å². The third kappa shape index (κ3) is 4.92. The summed E-state index contributed by atoms with van der Waals surface area (Å²) in [5, 5.41) is 14.6. The standard InChI is InChI=1S/C24H20Cl2N6O/c1-30-11-3-6-22(30)21-14-23(32(29-21)18-7-8-19(25)20(26)13-18)24(33)31(12-4-9-27)16-17-5-2-10-28-15-17/h2-3,5-8,10-11,13-15H,4,12,16H2,1H3. The quantitative estimate of drug-likeness (QED) is 0.368. The van der Waals surface area contributed by atoms with E-state index in [4.69, 9.17) is 33.6 Å². The molecule has 9 heteroatoms. The van der Waals surface area contributed by atoms with Crippen molar-refractivity contribution in [3.05, 3.63) is 88.4 Å². The molecule has 0 saturated heterocycles. The number of nitrogens with zero attached hydrogens (tertiary/aromatic N) is 6. The molecule has 0 spiro atoms. The Bertz CT molecular complexity index is 1320. The maximum absolute atomic E-state index is 13.7. The molecule has 7 nitrogen and oxygen atoms in total. The zero-order valence-electron chi connectivity index (χ0n) is 17.8. The highest BCUT2D eigenvalue weighted by Gasteiger charge is 2.24. The van der Waals surface area contributed by atoms with Crippen LogP contribution in [-0.4, -0.2) is 36.7 Å². The number of aryl methyl sites for hydroxylation is 1. The summed E-state index contributed by atoms with van der Waals surface area (Å²) >= 11 is 12.3. The molecular formula is C24H20Cl2N6O. The lowest BCUT2D eigenvalue weighted by Gasteiger charge is -2.22. The Morgan fingerprint density at radius 2 is 2.00 bits per heavy atom. The van der Waals surface area contributed by atoms with Crippen molar-refractivity contribution >= 4 is 29.1 Å². The highest BCUT2D eigenvalue weighted by molar-refractivity contribution is 6.42. The Morgan fingerprint density at radius 3 is 2.67 bits per heavy atom. The minimum absolute atomic E-state index is 0.206. The fourth-order valence-electron chi connectivity index (χ4n) is 3.51. The summed E-state index contributed by atoms with van der Waals surface area (Å²) in [7, 11) is 1.91. The molecule has 0 unspecified atom stereocenters. The second-order valence-electron chi connectivity index (χ2n) is 7.43. The molecule has 0 radical (unpaired) electrons.